The van der Waals surface area contributed by atoms with Crippen molar-refractivity contribution in [3.05, 3.63) is 0 Å². The van der Waals surface area contributed by atoms with Gasteiger partial charge in [-0.3, -0.25) is 0 Å². The molecular weight excluding hydrogens is 258 g/mol. The van der Waals surface area contributed by atoms with E-state index in [1.165, 1.54) is 0 Å². The Kier molecular flexibility index (Phi) is 16.1. The van der Waals surface area contributed by atoms with E-state index in [1.807, 2.05) is 26.8 Å². The summed E-state index contributed by atoms with van der Waals surface area (Å²) in [5.41, 5.74) is 9.03. The number of thiocarbonyl (C=S) groups is 2. The molecular formula is C10H21N3O2S2. The van der Waals surface area contributed by atoms with E-state index in [1.54, 1.807) is 13.8 Å². The largest absolute Gasteiger partial charge is 0.472 e. The first-order valence-electron chi connectivity index (χ1n) is 5.07. The first kappa shape index (κ1) is 21.2. The molecule has 0 spiro atoms. The Hall–Kier alpha value is -1.13. The van der Waals surface area contributed by atoms with E-state index in [4.69, 9.17) is 21.5 Å². The molecule has 0 aromatic rings. The van der Waals surface area contributed by atoms with Crippen LogP contribution in [0, 0.1) is 11.3 Å². The molecule has 0 aromatic carbocycles. The van der Waals surface area contributed by atoms with Crippen LogP contribution in [0.3, 0.4) is 0 Å². The highest BCUT2D eigenvalue weighted by Gasteiger charge is 2.17. The molecule has 5 nitrogen and oxygen atoms in total. The summed E-state index contributed by atoms with van der Waals surface area (Å²) in [6.45, 7) is 9.58. The number of nitrogens with zero attached hydrogens (tertiary/aromatic N) is 1. The van der Waals surface area contributed by atoms with Crippen LogP contribution in [0.4, 0.5) is 0 Å². The fourth-order valence-electron chi connectivity index (χ4n) is 0.417. The maximum atomic E-state index is 8.35. The van der Waals surface area contributed by atoms with Gasteiger partial charge in [0.2, 0.25) is 0 Å². The molecule has 0 amide bonds. The minimum Gasteiger partial charge on any atom is -0.472 e. The van der Waals surface area contributed by atoms with Crippen LogP contribution in [0.5, 0.6) is 0 Å². The maximum Gasteiger partial charge on any atom is 0.255 e. The Morgan fingerprint density at radius 2 is 1.65 bits per heavy atom. The van der Waals surface area contributed by atoms with Crippen LogP contribution < -0.4 is 11.5 Å². The summed E-state index contributed by atoms with van der Waals surface area (Å²) in [5, 5.41) is 8.38. The van der Waals surface area contributed by atoms with Crippen molar-refractivity contribution in [3.63, 3.8) is 0 Å². The molecule has 17 heavy (non-hydrogen) atoms. The van der Waals surface area contributed by atoms with Gasteiger partial charge < -0.3 is 20.9 Å². The van der Waals surface area contributed by atoms with Gasteiger partial charge in [-0.05, 0) is 45.2 Å². The molecule has 0 fully saturated rings. The summed E-state index contributed by atoms with van der Waals surface area (Å²) in [5.74, 6) is 0. The van der Waals surface area contributed by atoms with Crippen molar-refractivity contribution >= 4 is 34.8 Å². The van der Waals surface area contributed by atoms with Crippen molar-refractivity contribution in [2.24, 2.45) is 11.5 Å². The third kappa shape index (κ3) is 25.3. The Bertz CT molecular complexity index is 263. The third-order valence-electron chi connectivity index (χ3n) is 0.912. The van der Waals surface area contributed by atoms with E-state index in [0.29, 0.717) is 6.61 Å². The molecule has 0 aliphatic carbocycles. The van der Waals surface area contributed by atoms with Gasteiger partial charge in [0.1, 0.15) is 6.07 Å². The predicted molar refractivity (Wildman–Crippen MR) is 77.3 cm³/mol. The smallest absolute Gasteiger partial charge is 0.255 e. The van der Waals surface area contributed by atoms with Crippen molar-refractivity contribution < 1.29 is 9.47 Å². The van der Waals surface area contributed by atoms with Crippen LogP contribution >= 0.6 is 24.4 Å². The lowest BCUT2D eigenvalue weighted by Crippen LogP contribution is -2.28. The van der Waals surface area contributed by atoms with Gasteiger partial charge in [0.15, 0.2) is 5.60 Å². The van der Waals surface area contributed by atoms with Crippen LogP contribution in [-0.2, 0) is 9.47 Å². The van der Waals surface area contributed by atoms with Crippen molar-refractivity contribution in [1.29, 1.82) is 5.26 Å². The second kappa shape index (κ2) is 12.9. The van der Waals surface area contributed by atoms with Gasteiger partial charge in [0.05, 0.1) is 6.61 Å². The number of hydrogen-bond acceptors (Lipinski definition) is 5. The molecule has 0 atom stereocenters. The van der Waals surface area contributed by atoms with Crippen LogP contribution in [-0.4, -0.2) is 22.6 Å². The molecule has 4 N–H and O–H groups in total. The van der Waals surface area contributed by atoms with E-state index in [0.717, 1.165) is 0 Å². The Labute approximate surface area is 114 Å². The SMILES string of the molecule is CC.CC(C)(C#N)OC(N)=S.CCOC(N)=S. The van der Waals surface area contributed by atoms with Gasteiger partial charge in [-0.2, -0.15) is 5.26 Å². The highest BCUT2D eigenvalue weighted by Crippen LogP contribution is 2.05. The first-order valence-corrected chi connectivity index (χ1v) is 5.88. The molecule has 7 heteroatoms. The molecule has 0 saturated carbocycles. The lowest BCUT2D eigenvalue weighted by molar-refractivity contribution is 0.158. The average molecular weight is 279 g/mol. The second-order valence-electron chi connectivity index (χ2n) is 2.80. The fourth-order valence-corrected chi connectivity index (χ4v) is 0.743. The second-order valence-corrected chi connectivity index (χ2v) is 3.60. The van der Waals surface area contributed by atoms with Crippen LogP contribution in [0.15, 0.2) is 0 Å². The summed E-state index contributed by atoms with van der Waals surface area (Å²) in [7, 11) is 0. The lowest BCUT2D eigenvalue weighted by atomic mass is 10.2. The third-order valence-corrected chi connectivity index (χ3v) is 1.11. The zero-order chi connectivity index (χ0) is 14.5. The lowest BCUT2D eigenvalue weighted by Gasteiger charge is -2.15. The summed E-state index contributed by atoms with van der Waals surface area (Å²) >= 11 is 8.76. The van der Waals surface area contributed by atoms with Gasteiger partial charge in [-0.15, -0.1) is 0 Å². The van der Waals surface area contributed by atoms with E-state index < -0.39 is 5.60 Å². The molecule has 100 valence electrons. The molecule has 0 radical (unpaired) electrons. The Balaban J connectivity index is -0.000000213. The highest BCUT2D eigenvalue weighted by atomic mass is 32.1. The number of nitriles is 1. The minimum absolute atomic E-state index is 0.0958. The van der Waals surface area contributed by atoms with E-state index in [2.05, 4.69) is 29.2 Å². The zero-order valence-electron chi connectivity index (χ0n) is 10.9. The first-order chi connectivity index (χ1) is 7.75. The van der Waals surface area contributed by atoms with Gasteiger partial charge in [-0.25, -0.2) is 0 Å². The van der Waals surface area contributed by atoms with Gasteiger partial charge in [0.25, 0.3) is 10.3 Å². The van der Waals surface area contributed by atoms with Crippen LogP contribution in [0.1, 0.15) is 34.6 Å². The van der Waals surface area contributed by atoms with Crippen LogP contribution in [0.2, 0.25) is 0 Å². The predicted octanol–water partition coefficient (Wildman–Crippen LogP) is 1.84. The highest BCUT2D eigenvalue weighted by molar-refractivity contribution is 7.80. The topological polar surface area (TPSA) is 94.3 Å². The molecule has 0 unspecified atom stereocenters. The van der Waals surface area contributed by atoms with Gasteiger partial charge >= 0.3 is 0 Å². The zero-order valence-corrected chi connectivity index (χ0v) is 12.6. The number of hydrogen-bond donors (Lipinski definition) is 2. The van der Waals surface area contributed by atoms with Crippen LogP contribution in [0.25, 0.3) is 0 Å². The quantitative estimate of drug-likeness (QED) is 0.745. The molecule has 0 aliphatic rings. The Morgan fingerprint density at radius 1 is 1.24 bits per heavy atom. The average Bonchev–Trinajstić information content (AvgIpc) is 2.20. The molecule has 0 aromatic heterocycles. The fraction of sp³-hybridized carbons (Fsp3) is 0.700. The summed E-state index contributed by atoms with van der Waals surface area (Å²) in [6, 6.07) is 1.88. The molecule has 0 rings (SSSR count). The molecule has 0 saturated heterocycles. The number of nitrogens with two attached hydrogens (primary N) is 2. The number of ether oxygens (including phenoxy) is 2. The summed E-state index contributed by atoms with van der Waals surface area (Å²) in [6.07, 6.45) is 0. The molecule has 0 aliphatic heterocycles. The van der Waals surface area contributed by atoms with E-state index in [-0.39, 0.29) is 10.3 Å². The van der Waals surface area contributed by atoms with Gasteiger partial charge in [0, 0.05) is 0 Å². The molecule has 0 heterocycles. The molecule has 0 bridgehead atoms. The van der Waals surface area contributed by atoms with Crippen molar-refractivity contribution in [2.45, 2.75) is 40.2 Å². The van der Waals surface area contributed by atoms with Crippen molar-refractivity contribution in [3.8, 4) is 6.07 Å². The summed E-state index contributed by atoms with van der Waals surface area (Å²) < 4.78 is 9.29. The van der Waals surface area contributed by atoms with Gasteiger partial charge in [-0.1, -0.05) is 13.8 Å². The summed E-state index contributed by atoms with van der Waals surface area (Å²) in [4.78, 5) is 0. The standard InChI is InChI=1S/C5H8N2OS.C3H7NOS.C2H6/c1-5(2,3-6)8-4(7)9;1-2-5-3(4)6;1-2/h1-2H3,(H2,7,9);2H2,1H3,(H2,4,6);1-2H3. The van der Waals surface area contributed by atoms with Crippen molar-refractivity contribution in [1.82, 2.24) is 0 Å². The van der Waals surface area contributed by atoms with Crippen molar-refractivity contribution in [2.75, 3.05) is 6.61 Å². The monoisotopic (exact) mass is 279 g/mol. The minimum atomic E-state index is -0.897. The van der Waals surface area contributed by atoms with E-state index in [9.17, 15) is 0 Å². The maximum absolute atomic E-state index is 8.35. The Morgan fingerprint density at radius 3 is 1.71 bits per heavy atom. The number of rotatable bonds is 2. The van der Waals surface area contributed by atoms with E-state index >= 15 is 0 Å². The normalized spacial score (nSPS) is 8.24.